The maximum absolute atomic E-state index is 13.5. The van der Waals surface area contributed by atoms with Crippen molar-refractivity contribution in [2.75, 3.05) is 36.5 Å². The van der Waals surface area contributed by atoms with Gasteiger partial charge in [-0.3, -0.25) is 0 Å². The molecule has 132 valence electrons. The highest BCUT2D eigenvalue weighted by atomic mass is 19.1. The molecule has 1 saturated heterocycles. The van der Waals surface area contributed by atoms with E-state index >= 15 is 0 Å². The number of nitrogens with one attached hydrogen (secondary N) is 2. The Hall–Kier alpha value is -2.74. The van der Waals surface area contributed by atoms with Crippen LogP contribution < -0.4 is 15.5 Å². The lowest BCUT2D eigenvalue weighted by Crippen LogP contribution is -2.37. The molecule has 0 aliphatic carbocycles. The van der Waals surface area contributed by atoms with Crippen molar-refractivity contribution in [3.05, 3.63) is 47.7 Å². The highest BCUT2D eigenvalue weighted by molar-refractivity contribution is 5.89. The van der Waals surface area contributed by atoms with Crippen molar-refractivity contribution in [2.24, 2.45) is 0 Å². The molecular formula is C17H20FN5O2. The van der Waals surface area contributed by atoms with E-state index in [0.29, 0.717) is 19.0 Å². The summed E-state index contributed by atoms with van der Waals surface area (Å²) in [6, 6.07) is 7.39. The second kappa shape index (κ2) is 7.89. The summed E-state index contributed by atoms with van der Waals surface area (Å²) in [7, 11) is 0. The maximum Gasteiger partial charge on any atom is 0.319 e. The number of carbonyl (C=O) groups excluding carboxylic acids is 1. The second-order valence-electron chi connectivity index (χ2n) is 5.67. The predicted molar refractivity (Wildman–Crippen MR) is 92.1 cm³/mol. The third-order valence-electron chi connectivity index (χ3n) is 3.75. The first-order valence-electron chi connectivity index (χ1n) is 8.08. The molecule has 0 spiro atoms. The fourth-order valence-corrected chi connectivity index (χ4v) is 2.53. The highest BCUT2D eigenvalue weighted by Crippen LogP contribution is 2.15. The molecule has 0 radical (unpaired) electrons. The van der Waals surface area contributed by atoms with Crippen molar-refractivity contribution in [1.82, 2.24) is 15.3 Å². The zero-order chi connectivity index (χ0) is 17.6. The van der Waals surface area contributed by atoms with Crippen LogP contribution >= 0.6 is 0 Å². The Labute approximate surface area is 145 Å². The molecule has 0 atom stereocenters. The quantitative estimate of drug-likeness (QED) is 0.887. The average Bonchev–Trinajstić information content (AvgIpc) is 2.62. The van der Waals surface area contributed by atoms with Crippen LogP contribution in [0, 0.1) is 12.7 Å². The summed E-state index contributed by atoms with van der Waals surface area (Å²) < 4.78 is 18.9. The molecule has 0 unspecified atom stereocenters. The number of hydrogen-bond donors (Lipinski definition) is 2. The van der Waals surface area contributed by atoms with Crippen LogP contribution in [0.2, 0.25) is 0 Å². The molecule has 3 rings (SSSR count). The van der Waals surface area contributed by atoms with Gasteiger partial charge in [0.1, 0.15) is 17.5 Å². The number of aryl methyl sites for hydroxylation is 1. The molecule has 2 aromatic rings. The molecular weight excluding hydrogens is 325 g/mol. The van der Waals surface area contributed by atoms with Crippen LogP contribution in [-0.2, 0) is 11.3 Å². The molecule has 0 saturated carbocycles. The fourth-order valence-electron chi connectivity index (χ4n) is 2.53. The molecule has 25 heavy (non-hydrogen) atoms. The van der Waals surface area contributed by atoms with Gasteiger partial charge in [0.05, 0.1) is 25.4 Å². The van der Waals surface area contributed by atoms with Gasteiger partial charge >= 0.3 is 6.03 Å². The summed E-state index contributed by atoms with van der Waals surface area (Å²) in [5, 5.41) is 5.11. The number of ether oxygens (including phenoxy) is 1. The van der Waals surface area contributed by atoms with E-state index < -0.39 is 11.8 Å². The van der Waals surface area contributed by atoms with Crippen molar-refractivity contribution in [1.29, 1.82) is 0 Å². The van der Waals surface area contributed by atoms with Gasteiger partial charge in [-0.05, 0) is 19.1 Å². The largest absolute Gasteiger partial charge is 0.378 e. The van der Waals surface area contributed by atoms with E-state index in [-0.39, 0.29) is 12.2 Å². The molecule has 1 fully saturated rings. The number of carbonyl (C=O) groups is 1. The Kier molecular flexibility index (Phi) is 5.39. The lowest BCUT2D eigenvalue weighted by atomic mass is 10.3. The van der Waals surface area contributed by atoms with Gasteiger partial charge in [-0.1, -0.05) is 12.1 Å². The number of aromatic nitrogens is 2. The lowest BCUT2D eigenvalue weighted by molar-refractivity contribution is 0.122. The zero-order valence-electron chi connectivity index (χ0n) is 14.0. The van der Waals surface area contributed by atoms with Crippen LogP contribution in [0.25, 0.3) is 0 Å². The first-order chi connectivity index (χ1) is 12.1. The van der Waals surface area contributed by atoms with Crippen molar-refractivity contribution in [2.45, 2.75) is 13.5 Å². The Morgan fingerprint density at radius 2 is 2.04 bits per heavy atom. The number of nitrogens with zero attached hydrogens (tertiary/aromatic N) is 3. The van der Waals surface area contributed by atoms with Gasteiger partial charge in [0.2, 0.25) is 0 Å². The summed E-state index contributed by atoms with van der Waals surface area (Å²) in [5.41, 5.74) is 0.946. The summed E-state index contributed by atoms with van der Waals surface area (Å²) in [4.78, 5) is 22.9. The van der Waals surface area contributed by atoms with Crippen molar-refractivity contribution in [3.8, 4) is 0 Å². The first-order valence-corrected chi connectivity index (χ1v) is 8.08. The summed E-state index contributed by atoms with van der Waals surface area (Å²) >= 11 is 0. The van der Waals surface area contributed by atoms with E-state index in [1.807, 2.05) is 13.0 Å². The molecule has 1 aliphatic heterocycles. The van der Waals surface area contributed by atoms with Crippen LogP contribution in [0.4, 0.5) is 20.7 Å². The van der Waals surface area contributed by atoms with E-state index in [9.17, 15) is 9.18 Å². The number of para-hydroxylation sites is 1. The van der Waals surface area contributed by atoms with Crippen LogP contribution in [0.15, 0.2) is 30.3 Å². The van der Waals surface area contributed by atoms with Crippen molar-refractivity contribution in [3.63, 3.8) is 0 Å². The van der Waals surface area contributed by atoms with Gasteiger partial charge in [-0.25, -0.2) is 19.2 Å². The number of hydrogen-bond acceptors (Lipinski definition) is 5. The zero-order valence-corrected chi connectivity index (χ0v) is 14.0. The summed E-state index contributed by atoms with van der Waals surface area (Å²) in [6.45, 7) is 4.92. The van der Waals surface area contributed by atoms with Gasteiger partial charge in [0.25, 0.3) is 0 Å². The third kappa shape index (κ3) is 4.63. The van der Waals surface area contributed by atoms with Crippen LogP contribution in [-0.4, -0.2) is 42.3 Å². The number of anilines is 2. The molecule has 1 aromatic heterocycles. The fraction of sp³-hybridized carbons (Fsp3) is 0.353. The molecule has 0 bridgehead atoms. The number of rotatable bonds is 4. The number of morpholine rings is 1. The number of amides is 2. The molecule has 8 heteroatoms. The minimum absolute atomic E-state index is 0.124. The molecule has 2 N–H and O–H groups in total. The maximum atomic E-state index is 13.5. The first kappa shape index (κ1) is 17.1. The summed E-state index contributed by atoms with van der Waals surface area (Å²) in [6.07, 6.45) is 0. The van der Waals surface area contributed by atoms with Gasteiger partial charge < -0.3 is 20.3 Å². The van der Waals surface area contributed by atoms with Crippen LogP contribution in [0.5, 0.6) is 0 Å². The van der Waals surface area contributed by atoms with E-state index in [1.165, 1.54) is 12.1 Å². The van der Waals surface area contributed by atoms with E-state index in [2.05, 4.69) is 25.5 Å². The minimum atomic E-state index is -0.511. The molecule has 7 nitrogen and oxygen atoms in total. The van der Waals surface area contributed by atoms with Crippen LogP contribution in [0.1, 0.15) is 11.5 Å². The van der Waals surface area contributed by atoms with Crippen molar-refractivity contribution >= 4 is 17.5 Å². The smallest absolute Gasteiger partial charge is 0.319 e. The van der Waals surface area contributed by atoms with Gasteiger partial charge in [0.15, 0.2) is 0 Å². The molecule has 1 aromatic carbocycles. The van der Waals surface area contributed by atoms with Gasteiger partial charge in [-0.2, -0.15) is 0 Å². The normalized spacial score (nSPS) is 14.2. The number of halogens is 1. The monoisotopic (exact) mass is 345 g/mol. The molecule has 2 heterocycles. The number of benzene rings is 1. The van der Waals surface area contributed by atoms with E-state index in [1.54, 1.807) is 12.1 Å². The van der Waals surface area contributed by atoms with Crippen LogP contribution in [0.3, 0.4) is 0 Å². The molecule has 2 amide bonds. The number of urea groups is 1. The van der Waals surface area contributed by atoms with Gasteiger partial charge in [0, 0.05) is 24.8 Å². The summed E-state index contributed by atoms with van der Waals surface area (Å²) in [5.74, 6) is 0.839. The SMILES string of the molecule is Cc1cc(N2CCOCC2)nc(CNC(=O)Nc2ccccc2F)n1. The second-order valence-corrected chi connectivity index (χ2v) is 5.67. The predicted octanol–water partition coefficient (Wildman–Crippen LogP) is 2.08. The Morgan fingerprint density at radius 1 is 1.28 bits per heavy atom. The lowest BCUT2D eigenvalue weighted by Gasteiger charge is -2.28. The average molecular weight is 345 g/mol. The highest BCUT2D eigenvalue weighted by Gasteiger charge is 2.14. The Balaban J connectivity index is 1.61. The standard InChI is InChI=1S/C17H20FN5O2/c1-12-10-16(23-6-8-25-9-7-23)22-15(20-12)11-19-17(24)21-14-5-3-2-4-13(14)18/h2-5,10H,6-9,11H2,1H3,(H2,19,21,24). The molecule has 1 aliphatic rings. The Bertz CT molecular complexity index is 750. The van der Waals surface area contributed by atoms with E-state index in [4.69, 9.17) is 4.74 Å². The van der Waals surface area contributed by atoms with E-state index in [0.717, 1.165) is 24.6 Å². The van der Waals surface area contributed by atoms with Crippen molar-refractivity contribution < 1.29 is 13.9 Å². The van der Waals surface area contributed by atoms with Gasteiger partial charge in [-0.15, -0.1) is 0 Å². The minimum Gasteiger partial charge on any atom is -0.378 e. The Morgan fingerprint density at radius 3 is 2.80 bits per heavy atom. The third-order valence-corrected chi connectivity index (χ3v) is 3.75. The topological polar surface area (TPSA) is 79.4 Å².